The molecule has 4 atom stereocenters. The van der Waals surface area contributed by atoms with Crippen molar-refractivity contribution in [3.63, 3.8) is 0 Å². The van der Waals surface area contributed by atoms with E-state index in [0.29, 0.717) is 32.3 Å². The molecule has 172 valence electrons. The molecule has 1 unspecified atom stereocenters. The predicted octanol–water partition coefficient (Wildman–Crippen LogP) is 4.05. The fourth-order valence-electron chi connectivity index (χ4n) is 4.20. The van der Waals surface area contributed by atoms with E-state index in [1.165, 1.54) is 6.42 Å². The van der Waals surface area contributed by atoms with Gasteiger partial charge < -0.3 is 20.1 Å². The number of hydrogen-bond donors (Lipinski definition) is 3. The van der Waals surface area contributed by atoms with Crippen molar-refractivity contribution in [2.24, 2.45) is 11.8 Å². The first-order chi connectivity index (χ1) is 14.3. The molecule has 0 heterocycles. The van der Waals surface area contributed by atoms with Gasteiger partial charge in [0.1, 0.15) is 12.4 Å². The van der Waals surface area contributed by atoms with Crippen LogP contribution >= 0.6 is 0 Å². The molecule has 1 fully saturated rings. The Morgan fingerprint density at radius 3 is 2.67 bits per heavy atom. The molecule has 0 amide bonds. The molecule has 0 bridgehead atoms. The summed E-state index contributed by atoms with van der Waals surface area (Å²) in [4.78, 5) is 22.7. The van der Waals surface area contributed by atoms with Crippen LogP contribution in [0, 0.1) is 11.8 Å². The van der Waals surface area contributed by atoms with Crippen molar-refractivity contribution in [1.29, 1.82) is 0 Å². The van der Waals surface area contributed by atoms with Crippen LogP contribution in [0.1, 0.15) is 77.6 Å². The van der Waals surface area contributed by atoms with Crippen molar-refractivity contribution in [1.82, 2.24) is 0 Å². The maximum atomic E-state index is 12.3. The van der Waals surface area contributed by atoms with Gasteiger partial charge in [-0.25, -0.2) is 4.79 Å². The summed E-state index contributed by atoms with van der Waals surface area (Å²) in [5, 5.41) is 29.8. The maximum Gasteiger partial charge on any atom is 0.329 e. The molecule has 1 rings (SSSR count). The van der Waals surface area contributed by atoms with Gasteiger partial charge in [-0.05, 0) is 32.1 Å². The lowest BCUT2D eigenvalue weighted by molar-refractivity contribution is -0.142. The van der Waals surface area contributed by atoms with Crippen molar-refractivity contribution in [2.75, 3.05) is 13.2 Å². The summed E-state index contributed by atoms with van der Waals surface area (Å²) in [6, 6.07) is 0. The highest BCUT2D eigenvalue weighted by Gasteiger charge is 2.39. The average Bonchev–Trinajstić information content (AvgIpc) is 2.95. The Bertz CT molecular complexity index is 558. The molecule has 0 aromatic heterocycles. The summed E-state index contributed by atoms with van der Waals surface area (Å²) in [7, 11) is 0. The Balaban J connectivity index is 2.54. The third-order valence-electron chi connectivity index (χ3n) is 5.89. The van der Waals surface area contributed by atoms with E-state index in [-0.39, 0.29) is 30.6 Å². The number of Topliss-reactive ketones (excluding diaryl/α,β-unsaturated/α-hetero) is 1. The van der Waals surface area contributed by atoms with Crippen LogP contribution < -0.4 is 0 Å². The number of hydrogen-bond acceptors (Lipinski definition) is 5. The van der Waals surface area contributed by atoms with E-state index >= 15 is 0 Å². The summed E-state index contributed by atoms with van der Waals surface area (Å²) in [5.74, 6) is -1.38. The molecule has 0 aromatic carbocycles. The summed E-state index contributed by atoms with van der Waals surface area (Å²) in [6.45, 7) is 5.96. The van der Waals surface area contributed by atoms with E-state index < -0.39 is 17.7 Å². The number of aliphatic hydroxyl groups excluding tert-OH is 1. The van der Waals surface area contributed by atoms with Crippen LogP contribution in [0.5, 0.6) is 0 Å². The molecule has 1 aliphatic carbocycles. The second kappa shape index (κ2) is 14.5. The zero-order valence-corrected chi connectivity index (χ0v) is 18.4. The van der Waals surface area contributed by atoms with Crippen molar-refractivity contribution in [3.8, 4) is 0 Å². The highest BCUT2D eigenvalue weighted by atomic mass is 16.5. The second-order valence-electron chi connectivity index (χ2n) is 8.52. The van der Waals surface area contributed by atoms with Crippen LogP contribution in [0.3, 0.4) is 0 Å². The Hall–Kier alpha value is -1.50. The zero-order chi connectivity index (χ0) is 22.4. The molecule has 0 spiro atoms. The van der Waals surface area contributed by atoms with Crippen LogP contribution in [0.2, 0.25) is 0 Å². The number of aliphatic hydroxyl groups is 2. The highest BCUT2D eigenvalue weighted by Crippen LogP contribution is 2.35. The highest BCUT2D eigenvalue weighted by molar-refractivity contribution is 5.84. The van der Waals surface area contributed by atoms with Gasteiger partial charge in [0.15, 0.2) is 0 Å². The predicted molar refractivity (Wildman–Crippen MR) is 117 cm³/mol. The summed E-state index contributed by atoms with van der Waals surface area (Å²) in [6.07, 6.45) is 13.2. The first-order valence-electron chi connectivity index (χ1n) is 11.3. The Kier molecular flexibility index (Phi) is 12.8. The second-order valence-corrected chi connectivity index (χ2v) is 8.52. The van der Waals surface area contributed by atoms with E-state index in [4.69, 9.17) is 9.84 Å². The standard InChI is InChI=1S/C24H40O6/c1-3-5-6-8-14-24(29,13-4-2)15-10-12-20-19(21(25)17-22(20)26)11-7-9-16-30-18-23(27)28/h4,10,12,19-20,22,26,29H,2-3,5-9,11,13-18H2,1H3,(H,27,28)/t19-,20-,22-,24?/m1/s1. The van der Waals surface area contributed by atoms with Crippen LogP contribution in [-0.2, 0) is 14.3 Å². The number of unbranched alkanes of at least 4 members (excludes halogenated alkanes) is 4. The number of ether oxygens (including phenoxy) is 1. The van der Waals surface area contributed by atoms with Crippen LogP contribution in [-0.4, -0.2) is 52.0 Å². The lowest BCUT2D eigenvalue weighted by atomic mass is 9.86. The molecule has 1 saturated carbocycles. The smallest absolute Gasteiger partial charge is 0.329 e. The Morgan fingerprint density at radius 2 is 2.00 bits per heavy atom. The van der Waals surface area contributed by atoms with Crippen molar-refractivity contribution < 1.29 is 29.6 Å². The molecule has 0 saturated heterocycles. The fraction of sp³-hybridized carbons (Fsp3) is 0.750. The maximum absolute atomic E-state index is 12.3. The Morgan fingerprint density at radius 1 is 1.23 bits per heavy atom. The molecule has 6 heteroatoms. The van der Waals surface area contributed by atoms with Gasteiger partial charge in [-0.2, -0.15) is 0 Å². The average molecular weight is 425 g/mol. The van der Waals surface area contributed by atoms with Gasteiger partial charge in [0.25, 0.3) is 0 Å². The lowest BCUT2D eigenvalue weighted by Gasteiger charge is -2.26. The fourth-order valence-corrected chi connectivity index (χ4v) is 4.20. The molecule has 1 aliphatic rings. The zero-order valence-electron chi connectivity index (χ0n) is 18.4. The molecule has 0 aromatic rings. The monoisotopic (exact) mass is 424 g/mol. The third-order valence-corrected chi connectivity index (χ3v) is 5.89. The van der Waals surface area contributed by atoms with E-state index in [1.54, 1.807) is 6.08 Å². The van der Waals surface area contributed by atoms with Gasteiger partial charge in [-0.3, -0.25) is 4.79 Å². The number of carboxylic acids is 1. The quantitative estimate of drug-likeness (QED) is 0.240. The van der Waals surface area contributed by atoms with Gasteiger partial charge in [0.2, 0.25) is 0 Å². The molecule has 0 radical (unpaired) electrons. The molecular weight excluding hydrogens is 384 g/mol. The molecule has 0 aliphatic heterocycles. The lowest BCUT2D eigenvalue weighted by Crippen LogP contribution is -2.27. The largest absolute Gasteiger partial charge is 0.480 e. The molecule has 3 N–H and O–H groups in total. The first kappa shape index (κ1) is 26.5. The molecular formula is C24H40O6. The summed E-state index contributed by atoms with van der Waals surface area (Å²) < 4.78 is 5.02. The van der Waals surface area contributed by atoms with Crippen LogP contribution in [0.25, 0.3) is 0 Å². The van der Waals surface area contributed by atoms with E-state index in [0.717, 1.165) is 32.1 Å². The minimum absolute atomic E-state index is 0.0736. The van der Waals surface area contributed by atoms with E-state index in [1.807, 2.05) is 12.2 Å². The number of ketones is 1. The van der Waals surface area contributed by atoms with Crippen LogP contribution in [0.4, 0.5) is 0 Å². The van der Waals surface area contributed by atoms with Gasteiger partial charge >= 0.3 is 5.97 Å². The van der Waals surface area contributed by atoms with Crippen molar-refractivity contribution in [2.45, 2.75) is 89.3 Å². The van der Waals surface area contributed by atoms with Gasteiger partial charge in [0, 0.05) is 24.9 Å². The number of carboxylic acid groups (broad SMARTS) is 1. The first-order valence-corrected chi connectivity index (χ1v) is 11.3. The van der Waals surface area contributed by atoms with Gasteiger partial charge in [-0.1, -0.05) is 57.3 Å². The molecule has 6 nitrogen and oxygen atoms in total. The molecule has 30 heavy (non-hydrogen) atoms. The van der Waals surface area contributed by atoms with E-state index in [9.17, 15) is 19.8 Å². The van der Waals surface area contributed by atoms with Gasteiger partial charge in [-0.15, -0.1) is 6.58 Å². The minimum atomic E-state index is -0.990. The summed E-state index contributed by atoms with van der Waals surface area (Å²) in [5.41, 5.74) is -0.823. The Labute approximate surface area is 181 Å². The normalized spacial score (nSPS) is 23.7. The van der Waals surface area contributed by atoms with Gasteiger partial charge in [0.05, 0.1) is 11.7 Å². The van der Waals surface area contributed by atoms with Crippen molar-refractivity contribution >= 4 is 11.8 Å². The number of aliphatic carboxylic acids is 1. The topological polar surface area (TPSA) is 104 Å². The minimum Gasteiger partial charge on any atom is -0.480 e. The number of carbonyl (C=O) groups is 2. The number of carbonyl (C=O) groups excluding carboxylic acids is 1. The third kappa shape index (κ3) is 10.0. The van der Waals surface area contributed by atoms with Crippen molar-refractivity contribution in [3.05, 3.63) is 24.8 Å². The SMILES string of the molecule is C=CCC(O)(CC=C[C@H]1[C@H](O)CC(=O)[C@@H]1CCCCOCC(=O)O)CCCCCC. The number of rotatable bonds is 17. The van der Waals surface area contributed by atoms with E-state index in [2.05, 4.69) is 13.5 Å². The summed E-state index contributed by atoms with van der Waals surface area (Å²) >= 11 is 0. The van der Waals surface area contributed by atoms with Crippen LogP contribution in [0.15, 0.2) is 24.8 Å².